The van der Waals surface area contributed by atoms with E-state index in [4.69, 9.17) is 9.47 Å². The number of nitrogens with one attached hydrogen (secondary N) is 1. The maximum atomic E-state index is 12.3. The molecule has 0 spiro atoms. The maximum absolute atomic E-state index is 12.3. The number of fused-ring (bicyclic) bond motifs is 1. The number of hydrogen-bond donors (Lipinski definition) is 1. The summed E-state index contributed by atoms with van der Waals surface area (Å²) in [5, 5.41) is 3.14. The van der Waals surface area contributed by atoms with E-state index < -0.39 is 12.0 Å². The monoisotopic (exact) mass is 360 g/mol. The molecule has 1 aromatic heterocycles. The lowest BCUT2D eigenvalue weighted by atomic mass is 10.0. The van der Waals surface area contributed by atoms with E-state index in [-0.39, 0.29) is 5.97 Å². The SMILES string of the molecule is O=C(Oc1ccc2c(c1)OC(=O)C(Nc1ccncc1)C2)c1ccccc1. The van der Waals surface area contributed by atoms with Crippen molar-refractivity contribution in [3.63, 3.8) is 0 Å². The van der Waals surface area contributed by atoms with E-state index in [1.165, 1.54) is 0 Å². The molecule has 6 nitrogen and oxygen atoms in total. The van der Waals surface area contributed by atoms with Gasteiger partial charge < -0.3 is 14.8 Å². The molecule has 0 aliphatic carbocycles. The number of carbonyl (C=O) groups is 2. The number of rotatable bonds is 4. The lowest BCUT2D eigenvalue weighted by molar-refractivity contribution is -0.136. The first-order chi connectivity index (χ1) is 13.2. The van der Waals surface area contributed by atoms with Gasteiger partial charge >= 0.3 is 11.9 Å². The third-order valence-electron chi connectivity index (χ3n) is 4.20. The van der Waals surface area contributed by atoms with Crippen LogP contribution in [0.3, 0.4) is 0 Å². The Morgan fingerprint density at radius 1 is 1.07 bits per heavy atom. The molecule has 0 bridgehead atoms. The van der Waals surface area contributed by atoms with Gasteiger partial charge in [-0.15, -0.1) is 0 Å². The fourth-order valence-electron chi connectivity index (χ4n) is 2.84. The van der Waals surface area contributed by atoms with Crippen molar-refractivity contribution in [2.45, 2.75) is 12.5 Å². The quantitative estimate of drug-likeness (QED) is 0.568. The molecule has 1 aliphatic rings. The first-order valence-corrected chi connectivity index (χ1v) is 8.47. The van der Waals surface area contributed by atoms with Gasteiger partial charge in [-0.25, -0.2) is 9.59 Å². The van der Waals surface area contributed by atoms with Crippen LogP contribution in [0.2, 0.25) is 0 Å². The predicted molar refractivity (Wildman–Crippen MR) is 98.8 cm³/mol. The first-order valence-electron chi connectivity index (χ1n) is 8.47. The molecule has 0 amide bonds. The van der Waals surface area contributed by atoms with Crippen LogP contribution in [-0.2, 0) is 11.2 Å². The molecule has 1 aliphatic heterocycles. The Morgan fingerprint density at radius 3 is 2.63 bits per heavy atom. The fourth-order valence-corrected chi connectivity index (χ4v) is 2.84. The molecule has 1 N–H and O–H groups in total. The second-order valence-corrected chi connectivity index (χ2v) is 6.08. The van der Waals surface area contributed by atoms with Crippen LogP contribution in [0, 0.1) is 0 Å². The lowest BCUT2D eigenvalue weighted by Gasteiger charge is -2.25. The van der Waals surface area contributed by atoms with Gasteiger partial charge in [0.2, 0.25) is 0 Å². The van der Waals surface area contributed by atoms with E-state index in [9.17, 15) is 9.59 Å². The van der Waals surface area contributed by atoms with Crippen molar-refractivity contribution in [1.82, 2.24) is 4.98 Å². The second-order valence-electron chi connectivity index (χ2n) is 6.08. The fraction of sp³-hybridized carbons (Fsp3) is 0.0952. The Bertz CT molecular complexity index is 974. The van der Waals surface area contributed by atoms with E-state index in [2.05, 4.69) is 10.3 Å². The van der Waals surface area contributed by atoms with Crippen LogP contribution >= 0.6 is 0 Å². The van der Waals surface area contributed by atoms with E-state index in [0.717, 1.165) is 11.3 Å². The van der Waals surface area contributed by atoms with E-state index in [1.54, 1.807) is 67.0 Å². The van der Waals surface area contributed by atoms with Crippen molar-refractivity contribution in [3.8, 4) is 11.5 Å². The van der Waals surface area contributed by atoms with Crippen molar-refractivity contribution in [2.75, 3.05) is 5.32 Å². The Balaban J connectivity index is 1.48. The van der Waals surface area contributed by atoms with Crippen molar-refractivity contribution in [2.24, 2.45) is 0 Å². The first kappa shape index (κ1) is 16.8. The van der Waals surface area contributed by atoms with Crippen molar-refractivity contribution in [1.29, 1.82) is 0 Å². The molecular formula is C21H16N2O4. The smallest absolute Gasteiger partial charge is 0.343 e. The molecule has 3 aromatic rings. The molecule has 27 heavy (non-hydrogen) atoms. The summed E-state index contributed by atoms with van der Waals surface area (Å²) in [4.78, 5) is 28.4. The van der Waals surface area contributed by atoms with E-state index >= 15 is 0 Å². The average Bonchev–Trinajstić information content (AvgIpc) is 2.70. The van der Waals surface area contributed by atoms with Crippen molar-refractivity contribution < 1.29 is 19.1 Å². The zero-order chi connectivity index (χ0) is 18.6. The number of pyridine rings is 1. The molecule has 134 valence electrons. The molecule has 6 heteroatoms. The number of carbonyl (C=O) groups excluding carboxylic acids is 2. The highest BCUT2D eigenvalue weighted by molar-refractivity contribution is 5.91. The molecule has 1 unspecified atom stereocenters. The van der Waals surface area contributed by atoms with E-state index in [0.29, 0.717) is 23.5 Å². The zero-order valence-corrected chi connectivity index (χ0v) is 14.3. The van der Waals surface area contributed by atoms with E-state index in [1.807, 2.05) is 6.07 Å². The lowest BCUT2D eigenvalue weighted by Crippen LogP contribution is -2.38. The number of aromatic nitrogens is 1. The van der Waals surface area contributed by atoms with Gasteiger partial charge in [0.05, 0.1) is 5.56 Å². The number of benzene rings is 2. The van der Waals surface area contributed by atoms with Crippen LogP contribution in [0.1, 0.15) is 15.9 Å². The summed E-state index contributed by atoms with van der Waals surface area (Å²) < 4.78 is 10.8. The Kier molecular flexibility index (Phi) is 4.53. The Hall–Kier alpha value is -3.67. The minimum atomic E-state index is -0.488. The molecule has 4 rings (SSSR count). The van der Waals surface area contributed by atoms with Gasteiger partial charge in [0.25, 0.3) is 0 Å². The topological polar surface area (TPSA) is 77.5 Å². The number of nitrogens with zero attached hydrogens (tertiary/aromatic N) is 1. The summed E-state index contributed by atoms with van der Waals surface area (Å²) in [7, 11) is 0. The standard InChI is InChI=1S/C21H16N2O4/c24-20(14-4-2-1-3-5-14)26-17-7-6-15-12-18(21(25)27-19(15)13-17)23-16-8-10-22-11-9-16/h1-11,13,18H,12H2,(H,22,23). The second kappa shape index (κ2) is 7.29. The van der Waals surface area contributed by atoms with Crippen LogP contribution in [-0.4, -0.2) is 23.0 Å². The largest absolute Gasteiger partial charge is 0.425 e. The van der Waals surface area contributed by atoms with Crippen molar-refractivity contribution >= 4 is 17.6 Å². The predicted octanol–water partition coefficient (Wildman–Crippen LogP) is 3.24. The molecular weight excluding hydrogens is 344 g/mol. The highest BCUT2D eigenvalue weighted by Gasteiger charge is 2.29. The van der Waals surface area contributed by atoms with Gasteiger partial charge in [0.15, 0.2) is 0 Å². The van der Waals surface area contributed by atoms with Crippen molar-refractivity contribution in [3.05, 3.63) is 84.2 Å². The third-order valence-corrected chi connectivity index (χ3v) is 4.20. The summed E-state index contributed by atoms with van der Waals surface area (Å²) in [6, 6.07) is 16.9. The molecule has 2 aromatic carbocycles. The van der Waals surface area contributed by atoms with Crippen LogP contribution in [0.25, 0.3) is 0 Å². The van der Waals surface area contributed by atoms with Crippen LogP contribution in [0.15, 0.2) is 73.1 Å². The van der Waals surface area contributed by atoms with Gasteiger partial charge in [-0.1, -0.05) is 24.3 Å². The summed E-state index contributed by atoms with van der Waals surface area (Å²) in [6.45, 7) is 0. The molecule has 0 radical (unpaired) electrons. The van der Waals surface area contributed by atoms with Gasteiger partial charge in [-0.05, 0) is 35.9 Å². The van der Waals surface area contributed by atoms with Gasteiger partial charge in [0, 0.05) is 30.6 Å². The summed E-state index contributed by atoms with van der Waals surface area (Å²) in [6.07, 6.45) is 3.78. The van der Waals surface area contributed by atoms with Gasteiger partial charge in [0.1, 0.15) is 17.5 Å². The highest BCUT2D eigenvalue weighted by Crippen LogP contribution is 2.31. The Morgan fingerprint density at radius 2 is 1.85 bits per heavy atom. The number of anilines is 1. The van der Waals surface area contributed by atoms with Gasteiger partial charge in [-0.2, -0.15) is 0 Å². The molecule has 1 atom stereocenters. The van der Waals surface area contributed by atoms with Crippen LogP contribution in [0.4, 0.5) is 5.69 Å². The minimum absolute atomic E-state index is 0.330. The summed E-state index contributed by atoms with van der Waals surface area (Å²) >= 11 is 0. The molecule has 2 heterocycles. The van der Waals surface area contributed by atoms with Crippen LogP contribution < -0.4 is 14.8 Å². The Labute approximate surface area is 155 Å². The van der Waals surface area contributed by atoms with Crippen LogP contribution in [0.5, 0.6) is 11.5 Å². The summed E-state index contributed by atoms with van der Waals surface area (Å²) in [5.41, 5.74) is 2.11. The molecule has 0 saturated heterocycles. The normalized spacial score (nSPS) is 15.4. The molecule has 0 saturated carbocycles. The highest BCUT2D eigenvalue weighted by atomic mass is 16.5. The number of hydrogen-bond acceptors (Lipinski definition) is 6. The summed E-state index contributed by atoms with van der Waals surface area (Å²) in [5.74, 6) is -0.108. The zero-order valence-electron chi connectivity index (χ0n) is 14.3. The average molecular weight is 360 g/mol. The number of esters is 2. The maximum Gasteiger partial charge on any atom is 0.343 e. The molecule has 0 fully saturated rings. The number of ether oxygens (including phenoxy) is 2. The minimum Gasteiger partial charge on any atom is -0.425 e. The van der Waals surface area contributed by atoms with Gasteiger partial charge in [-0.3, -0.25) is 4.98 Å². The third kappa shape index (κ3) is 3.79.